The Balaban J connectivity index is 1.61. The van der Waals surface area contributed by atoms with E-state index in [9.17, 15) is 22.7 Å². The van der Waals surface area contributed by atoms with E-state index in [1.54, 1.807) is 30.3 Å². The van der Waals surface area contributed by atoms with Crippen LogP contribution >= 0.6 is 10.6 Å². The van der Waals surface area contributed by atoms with Crippen molar-refractivity contribution in [1.29, 1.82) is 0 Å². The first-order valence-corrected chi connectivity index (χ1v) is 14.5. The lowest BCUT2D eigenvalue weighted by atomic mass is 10.1. The fourth-order valence-corrected chi connectivity index (χ4v) is 7.57. The Morgan fingerprint density at radius 1 is 1.20 bits per heavy atom. The molecule has 216 valence electrons. The van der Waals surface area contributed by atoms with Crippen molar-refractivity contribution in [2.75, 3.05) is 37.0 Å². The molecule has 1 atom stereocenters. The second kappa shape index (κ2) is 10.6. The molecule has 1 aromatic carbocycles. The van der Waals surface area contributed by atoms with Gasteiger partial charge in [-0.25, -0.2) is 19.4 Å². The quantitative estimate of drug-likeness (QED) is 0.303. The molecule has 14 heteroatoms. The maximum absolute atomic E-state index is 13.6. The lowest BCUT2D eigenvalue weighted by molar-refractivity contribution is 0.0538. The van der Waals surface area contributed by atoms with E-state index in [1.165, 1.54) is 20.9 Å². The lowest BCUT2D eigenvalue weighted by Gasteiger charge is -2.41. The van der Waals surface area contributed by atoms with E-state index in [1.807, 2.05) is 6.92 Å². The number of amides is 2. The molecule has 2 aromatic heterocycles. The second-order valence-electron chi connectivity index (χ2n) is 10.1. The molecule has 3 heterocycles. The predicted octanol–water partition coefficient (Wildman–Crippen LogP) is 5.13. The van der Waals surface area contributed by atoms with Gasteiger partial charge in [-0.2, -0.15) is 24.5 Å². The molecule has 2 aliphatic rings. The largest absolute Gasteiger partial charge is 0.377 e. The van der Waals surface area contributed by atoms with Gasteiger partial charge in [0.05, 0.1) is 36.3 Å². The minimum Gasteiger partial charge on any atom is -0.377 e. The van der Waals surface area contributed by atoms with Crippen molar-refractivity contribution in [3.05, 3.63) is 47.4 Å². The van der Waals surface area contributed by atoms with Crippen LogP contribution in [0.2, 0.25) is 0 Å². The molecule has 3 aromatic rings. The molecule has 0 unspecified atom stereocenters. The van der Waals surface area contributed by atoms with Crippen LogP contribution in [0.3, 0.4) is 0 Å². The molecule has 4 N–H and O–H groups in total. The Morgan fingerprint density at radius 3 is 2.48 bits per heavy atom. The standard InChI is InChI=1S/C26H33F2N7O4S/c1-15-14-39-12-11-34(15)21-13-20(31-23(32-21)18-5-7-19(8-6-18)30-25(36)29-4)26(9-10-26)40(37,38)22-16(2)33-35(17(22)3)24(27)28/h5-8,13,15,24,37-38H,9-12,14H2,1-4H3,(H2,29,30,36)/t15-/m0/s1. The van der Waals surface area contributed by atoms with Gasteiger partial charge in [-0.15, -0.1) is 0 Å². The lowest BCUT2D eigenvalue weighted by Crippen LogP contribution is -2.44. The summed E-state index contributed by atoms with van der Waals surface area (Å²) in [6.07, 6.45) is 0.829. The van der Waals surface area contributed by atoms with Gasteiger partial charge in [0.2, 0.25) is 0 Å². The fraction of sp³-hybridized carbons (Fsp3) is 0.462. The zero-order valence-corrected chi connectivity index (χ0v) is 23.5. The van der Waals surface area contributed by atoms with E-state index in [-0.39, 0.29) is 28.4 Å². The van der Waals surface area contributed by atoms with E-state index < -0.39 is 21.9 Å². The number of nitrogens with zero attached hydrogens (tertiary/aromatic N) is 5. The highest BCUT2D eigenvalue weighted by Crippen LogP contribution is 2.76. The van der Waals surface area contributed by atoms with Crippen LogP contribution in [-0.2, 0) is 9.48 Å². The average molecular weight is 578 g/mol. The molecule has 1 saturated carbocycles. The molecule has 2 amide bonds. The van der Waals surface area contributed by atoms with E-state index in [2.05, 4.69) is 20.6 Å². The van der Waals surface area contributed by atoms with Crippen LogP contribution in [0.4, 0.5) is 25.1 Å². The number of hydrogen-bond donors (Lipinski definition) is 4. The molecule has 1 aliphatic carbocycles. The smallest absolute Gasteiger partial charge is 0.333 e. The fourth-order valence-electron chi connectivity index (χ4n) is 5.15. The summed E-state index contributed by atoms with van der Waals surface area (Å²) >= 11 is 0. The monoisotopic (exact) mass is 577 g/mol. The summed E-state index contributed by atoms with van der Waals surface area (Å²) in [7, 11) is -2.12. The number of urea groups is 1. The number of ether oxygens (including phenoxy) is 1. The van der Waals surface area contributed by atoms with Crippen molar-refractivity contribution >= 4 is 28.1 Å². The SMILES string of the molecule is CNC(=O)Nc1ccc(-c2nc(N3CCOC[C@@H]3C)cc(C3(S(O)(O)c4c(C)nn(C(F)F)c4C)CC3)n2)cc1. The van der Waals surface area contributed by atoms with E-state index in [0.717, 1.165) is 0 Å². The Labute approximate surface area is 232 Å². The third kappa shape index (κ3) is 4.89. The number of halogens is 2. The number of carbonyl (C=O) groups is 1. The normalized spacial score (nSPS) is 19.0. The molecule has 0 spiro atoms. The summed E-state index contributed by atoms with van der Waals surface area (Å²) in [6.45, 7) is 3.67. The highest BCUT2D eigenvalue weighted by molar-refractivity contribution is 8.25. The van der Waals surface area contributed by atoms with Gasteiger partial charge < -0.3 is 20.3 Å². The Kier molecular flexibility index (Phi) is 7.46. The van der Waals surface area contributed by atoms with Crippen molar-refractivity contribution in [2.45, 2.75) is 55.8 Å². The molecular formula is C26H33F2N7O4S. The summed E-state index contributed by atoms with van der Waals surface area (Å²) in [5.41, 5.74) is 1.85. The van der Waals surface area contributed by atoms with E-state index >= 15 is 0 Å². The number of aromatic nitrogens is 4. The van der Waals surface area contributed by atoms with Crippen molar-refractivity contribution in [1.82, 2.24) is 25.1 Å². The van der Waals surface area contributed by atoms with Crippen LogP contribution in [0.25, 0.3) is 11.4 Å². The summed E-state index contributed by atoms with van der Waals surface area (Å²) < 4.78 is 55.6. The molecule has 1 saturated heterocycles. The van der Waals surface area contributed by atoms with E-state index in [4.69, 9.17) is 14.7 Å². The number of carbonyl (C=O) groups excluding carboxylic acids is 1. The first-order chi connectivity index (χ1) is 19.0. The molecule has 2 fully saturated rings. The van der Waals surface area contributed by atoms with Crippen LogP contribution in [0.1, 0.15) is 43.4 Å². The number of hydrogen-bond acceptors (Lipinski definition) is 8. The van der Waals surface area contributed by atoms with Crippen LogP contribution in [0, 0.1) is 13.8 Å². The Bertz CT molecular complexity index is 1410. The number of morpholine rings is 1. The number of benzene rings is 1. The molecule has 0 bridgehead atoms. The van der Waals surface area contributed by atoms with Crippen LogP contribution in [0.5, 0.6) is 0 Å². The van der Waals surface area contributed by atoms with Gasteiger partial charge in [0.15, 0.2) is 5.82 Å². The summed E-state index contributed by atoms with van der Waals surface area (Å²) in [4.78, 5) is 23.5. The van der Waals surface area contributed by atoms with Crippen molar-refractivity contribution in [2.24, 2.45) is 0 Å². The number of anilines is 2. The van der Waals surface area contributed by atoms with Gasteiger partial charge in [0.1, 0.15) is 15.5 Å². The maximum atomic E-state index is 13.6. The van der Waals surface area contributed by atoms with Crippen LogP contribution in [-0.4, -0.2) is 67.7 Å². The van der Waals surface area contributed by atoms with Gasteiger partial charge in [-0.05, 0) is 57.9 Å². The number of rotatable bonds is 7. The molecule has 1 aliphatic heterocycles. The molecule has 11 nitrogen and oxygen atoms in total. The van der Waals surface area contributed by atoms with Crippen LogP contribution < -0.4 is 15.5 Å². The van der Waals surface area contributed by atoms with Gasteiger partial charge >= 0.3 is 12.6 Å². The summed E-state index contributed by atoms with van der Waals surface area (Å²) in [5.74, 6) is 0.984. The third-order valence-corrected chi connectivity index (χ3v) is 10.3. The third-order valence-electron chi connectivity index (χ3n) is 7.45. The Morgan fingerprint density at radius 2 is 1.90 bits per heavy atom. The summed E-state index contributed by atoms with van der Waals surface area (Å²) in [5, 5.41) is 9.09. The topological polar surface area (TPSA) is 138 Å². The van der Waals surface area contributed by atoms with Crippen molar-refractivity contribution in [3.8, 4) is 11.4 Å². The average Bonchev–Trinajstić information content (AvgIpc) is 3.69. The van der Waals surface area contributed by atoms with Gasteiger partial charge in [-0.3, -0.25) is 9.11 Å². The minimum atomic E-state index is -3.64. The number of aryl methyl sites for hydroxylation is 1. The van der Waals surface area contributed by atoms with Crippen LogP contribution in [0.15, 0.2) is 35.2 Å². The van der Waals surface area contributed by atoms with Gasteiger partial charge in [0.25, 0.3) is 0 Å². The first kappa shape index (κ1) is 28.2. The molecule has 5 rings (SSSR count). The molecule has 40 heavy (non-hydrogen) atoms. The Hall–Kier alpha value is -3.33. The minimum absolute atomic E-state index is 0.0211. The predicted molar refractivity (Wildman–Crippen MR) is 148 cm³/mol. The zero-order chi connectivity index (χ0) is 28.8. The van der Waals surface area contributed by atoms with Gasteiger partial charge in [0, 0.05) is 30.9 Å². The maximum Gasteiger partial charge on any atom is 0.333 e. The van der Waals surface area contributed by atoms with Crippen molar-refractivity contribution in [3.63, 3.8) is 0 Å². The van der Waals surface area contributed by atoms with E-state index in [0.29, 0.717) is 65.9 Å². The highest BCUT2D eigenvalue weighted by atomic mass is 32.3. The molecule has 0 radical (unpaired) electrons. The second-order valence-corrected chi connectivity index (χ2v) is 12.4. The highest BCUT2D eigenvalue weighted by Gasteiger charge is 2.59. The van der Waals surface area contributed by atoms with Crippen molar-refractivity contribution < 1.29 is 27.4 Å². The number of nitrogens with one attached hydrogen (secondary N) is 2. The summed E-state index contributed by atoms with van der Waals surface area (Å²) in [6, 6.07) is 8.44. The molecular weight excluding hydrogens is 544 g/mol. The number of alkyl halides is 2. The van der Waals surface area contributed by atoms with Gasteiger partial charge in [-0.1, -0.05) is 0 Å². The zero-order valence-electron chi connectivity index (χ0n) is 22.7. The first-order valence-electron chi connectivity index (χ1n) is 12.9.